The first-order chi connectivity index (χ1) is 5.59. The summed E-state index contributed by atoms with van der Waals surface area (Å²) in [7, 11) is 0. The Balaban J connectivity index is 2.45. The second kappa shape index (κ2) is 3.75. The zero-order chi connectivity index (χ0) is 9.19. The summed E-state index contributed by atoms with van der Waals surface area (Å²) in [5, 5.41) is 0. The average Bonchev–Trinajstić information content (AvgIpc) is 2.34. The van der Waals surface area contributed by atoms with Gasteiger partial charge in [0, 0.05) is 19.1 Å². The SMILES string of the molecule is CCC(CN)N1CCC(C)(C)C1. The summed E-state index contributed by atoms with van der Waals surface area (Å²) in [4.78, 5) is 2.54. The van der Waals surface area contributed by atoms with Crippen LogP contribution in [0.4, 0.5) is 0 Å². The van der Waals surface area contributed by atoms with Crippen molar-refractivity contribution < 1.29 is 0 Å². The fourth-order valence-corrected chi connectivity index (χ4v) is 2.04. The van der Waals surface area contributed by atoms with Gasteiger partial charge in [-0.1, -0.05) is 20.8 Å². The summed E-state index contributed by atoms with van der Waals surface area (Å²) in [6.07, 6.45) is 2.51. The summed E-state index contributed by atoms with van der Waals surface area (Å²) in [6.45, 7) is 10.2. The topological polar surface area (TPSA) is 29.3 Å². The molecule has 1 rings (SSSR count). The molecule has 1 unspecified atom stereocenters. The third kappa shape index (κ3) is 2.20. The van der Waals surface area contributed by atoms with E-state index in [1.54, 1.807) is 0 Å². The zero-order valence-corrected chi connectivity index (χ0v) is 8.64. The largest absolute Gasteiger partial charge is 0.329 e. The lowest BCUT2D eigenvalue weighted by atomic mass is 9.93. The maximum absolute atomic E-state index is 5.71. The molecule has 72 valence electrons. The van der Waals surface area contributed by atoms with Crippen LogP contribution in [0.15, 0.2) is 0 Å². The van der Waals surface area contributed by atoms with Crippen molar-refractivity contribution >= 4 is 0 Å². The number of rotatable bonds is 3. The second-order valence-electron chi connectivity index (χ2n) is 4.68. The lowest BCUT2D eigenvalue weighted by molar-refractivity contribution is 0.216. The molecule has 2 heteroatoms. The molecule has 1 atom stereocenters. The molecule has 0 amide bonds. The molecule has 2 N–H and O–H groups in total. The number of nitrogens with two attached hydrogens (primary N) is 1. The van der Waals surface area contributed by atoms with Crippen molar-refractivity contribution in [3.05, 3.63) is 0 Å². The lowest BCUT2D eigenvalue weighted by Gasteiger charge is -2.26. The number of hydrogen-bond donors (Lipinski definition) is 1. The van der Waals surface area contributed by atoms with E-state index >= 15 is 0 Å². The Labute approximate surface area is 76.1 Å². The van der Waals surface area contributed by atoms with Crippen LogP contribution in [-0.2, 0) is 0 Å². The molecule has 1 aliphatic rings. The monoisotopic (exact) mass is 170 g/mol. The van der Waals surface area contributed by atoms with Crippen molar-refractivity contribution in [3.8, 4) is 0 Å². The molecule has 0 aromatic rings. The van der Waals surface area contributed by atoms with Gasteiger partial charge < -0.3 is 5.73 Å². The van der Waals surface area contributed by atoms with Crippen LogP contribution in [-0.4, -0.2) is 30.6 Å². The third-order valence-electron chi connectivity index (χ3n) is 2.97. The van der Waals surface area contributed by atoms with Crippen LogP contribution in [0.3, 0.4) is 0 Å². The molecule has 2 nitrogen and oxygen atoms in total. The van der Waals surface area contributed by atoms with E-state index in [1.807, 2.05) is 0 Å². The Kier molecular flexibility index (Phi) is 3.13. The zero-order valence-electron chi connectivity index (χ0n) is 8.64. The van der Waals surface area contributed by atoms with Gasteiger partial charge >= 0.3 is 0 Å². The lowest BCUT2D eigenvalue weighted by Crippen LogP contribution is -2.39. The van der Waals surface area contributed by atoms with Crippen LogP contribution >= 0.6 is 0 Å². The smallest absolute Gasteiger partial charge is 0.0216 e. The molecule has 0 spiro atoms. The summed E-state index contributed by atoms with van der Waals surface area (Å²) in [5.74, 6) is 0. The van der Waals surface area contributed by atoms with E-state index < -0.39 is 0 Å². The van der Waals surface area contributed by atoms with Crippen molar-refractivity contribution in [1.82, 2.24) is 4.90 Å². The molecule has 0 radical (unpaired) electrons. The molecule has 0 aromatic heterocycles. The highest BCUT2D eigenvalue weighted by Gasteiger charge is 2.31. The molecular formula is C10H22N2. The van der Waals surface area contributed by atoms with Gasteiger partial charge in [-0.25, -0.2) is 0 Å². The van der Waals surface area contributed by atoms with Gasteiger partial charge in [0.05, 0.1) is 0 Å². The molecule has 0 aromatic carbocycles. The highest BCUT2D eigenvalue weighted by Crippen LogP contribution is 2.30. The average molecular weight is 170 g/mol. The van der Waals surface area contributed by atoms with E-state index in [4.69, 9.17) is 5.73 Å². The predicted octanol–water partition coefficient (Wildman–Crippen LogP) is 1.46. The Bertz CT molecular complexity index is 139. The predicted molar refractivity (Wildman–Crippen MR) is 53.1 cm³/mol. The van der Waals surface area contributed by atoms with E-state index in [0.717, 1.165) is 6.54 Å². The van der Waals surface area contributed by atoms with Crippen molar-refractivity contribution in [1.29, 1.82) is 0 Å². The minimum absolute atomic E-state index is 0.516. The normalized spacial score (nSPS) is 26.0. The molecule has 0 saturated carbocycles. The van der Waals surface area contributed by atoms with Gasteiger partial charge in [-0.2, -0.15) is 0 Å². The highest BCUT2D eigenvalue weighted by atomic mass is 15.2. The van der Waals surface area contributed by atoms with E-state index in [9.17, 15) is 0 Å². The minimum atomic E-state index is 0.516. The summed E-state index contributed by atoms with van der Waals surface area (Å²) in [6, 6.07) is 0.617. The van der Waals surface area contributed by atoms with Crippen LogP contribution in [0.25, 0.3) is 0 Å². The number of nitrogens with zero attached hydrogens (tertiary/aromatic N) is 1. The summed E-state index contributed by atoms with van der Waals surface area (Å²) < 4.78 is 0. The summed E-state index contributed by atoms with van der Waals surface area (Å²) in [5.41, 5.74) is 6.23. The van der Waals surface area contributed by atoms with E-state index in [0.29, 0.717) is 11.5 Å². The van der Waals surface area contributed by atoms with E-state index in [1.165, 1.54) is 25.9 Å². The maximum Gasteiger partial charge on any atom is 0.0216 e. The molecule has 1 fully saturated rings. The van der Waals surface area contributed by atoms with Crippen LogP contribution < -0.4 is 5.73 Å². The fraction of sp³-hybridized carbons (Fsp3) is 1.00. The van der Waals surface area contributed by atoms with Gasteiger partial charge in [-0.3, -0.25) is 4.90 Å². The fourth-order valence-electron chi connectivity index (χ4n) is 2.04. The Morgan fingerprint density at radius 3 is 2.50 bits per heavy atom. The van der Waals surface area contributed by atoms with Gasteiger partial charge in [0.1, 0.15) is 0 Å². The molecule has 0 bridgehead atoms. The third-order valence-corrected chi connectivity index (χ3v) is 2.97. The van der Waals surface area contributed by atoms with Gasteiger partial charge in [0.25, 0.3) is 0 Å². The van der Waals surface area contributed by atoms with Crippen LogP contribution in [0.2, 0.25) is 0 Å². The van der Waals surface area contributed by atoms with Gasteiger partial charge in [-0.05, 0) is 24.8 Å². The highest BCUT2D eigenvalue weighted by molar-refractivity contribution is 4.86. The summed E-state index contributed by atoms with van der Waals surface area (Å²) >= 11 is 0. The van der Waals surface area contributed by atoms with Crippen molar-refractivity contribution in [3.63, 3.8) is 0 Å². The first-order valence-corrected chi connectivity index (χ1v) is 5.03. The quantitative estimate of drug-likeness (QED) is 0.694. The standard InChI is InChI=1S/C10H22N2/c1-4-9(7-11)12-6-5-10(2,3)8-12/h9H,4-8,11H2,1-3H3. The molecule has 12 heavy (non-hydrogen) atoms. The van der Waals surface area contributed by atoms with Crippen LogP contribution in [0.1, 0.15) is 33.6 Å². The Morgan fingerprint density at radius 1 is 1.50 bits per heavy atom. The van der Waals surface area contributed by atoms with Crippen molar-refractivity contribution in [2.75, 3.05) is 19.6 Å². The molecule has 0 aliphatic carbocycles. The molecular weight excluding hydrogens is 148 g/mol. The first-order valence-electron chi connectivity index (χ1n) is 5.03. The van der Waals surface area contributed by atoms with Gasteiger partial charge in [0.15, 0.2) is 0 Å². The molecule has 1 saturated heterocycles. The van der Waals surface area contributed by atoms with Crippen LogP contribution in [0.5, 0.6) is 0 Å². The first kappa shape index (κ1) is 10.0. The van der Waals surface area contributed by atoms with Crippen molar-refractivity contribution in [2.45, 2.75) is 39.7 Å². The van der Waals surface area contributed by atoms with Crippen LogP contribution in [0, 0.1) is 5.41 Å². The maximum atomic E-state index is 5.71. The Morgan fingerprint density at radius 2 is 2.17 bits per heavy atom. The minimum Gasteiger partial charge on any atom is -0.329 e. The molecule has 1 aliphatic heterocycles. The second-order valence-corrected chi connectivity index (χ2v) is 4.68. The Hall–Kier alpha value is -0.0800. The van der Waals surface area contributed by atoms with Gasteiger partial charge in [0.2, 0.25) is 0 Å². The molecule has 1 heterocycles. The number of likely N-dealkylation sites (tertiary alicyclic amines) is 1. The van der Waals surface area contributed by atoms with Crippen molar-refractivity contribution in [2.24, 2.45) is 11.1 Å². The number of hydrogen-bond acceptors (Lipinski definition) is 2. The van der Waals surface area contributed by atoms with E-state index in [2.05, 4.69) is 25.7 Å². The van der Waals surface area contributed by atoms with E-state index in [-0.39, 0.29) is 0 Å². The van der Waals surface area contributed by atoms with Gasteiger partial charge in [-0.15, -0.1) is 0 Å².